The molecular weight excluding hydrogens is 338 g/mol. The highest BCUT2D eigenvalue weighted by Crippen LogP contribution is 2.29. The zero-order valence-electron chi connectivity index (χ0n) is 11.2. The van der Waals surface area contributed by atoms with E-state index in [4.69, 9.17) is 9.47 Å². The minimum atomic E-state index is -0.453. The number of benzene rings is 2. The number of nitrogens with zero attached hydrogens (tertiary/aromatic N) is 1. The van der Waals surface area contributed by atoms with Crippen LogP contribution in [0.5, 0.6) is 5.75 Å². The van der Waals surface area contributed by atoms with E-state index in [9.17, 15) is 10.1 Å². The van der Waals surface area contributed by atoms with Crippen LogP contribution in [0.25, 0.3) is 0 Å². The fraction of sp³-hybridized carbons (Fsp3) is 0.200. The lowest BCUT2D eigenvalue weighted by atomic mass is 10.2. The molecule has 0 aliphatic carbocycles. The average Bonchev–Trinajstić information content (AvgIpc) is 2.49. The predicted molar refractivity (Wildman–Crippen MR) is 82.4 cm³/mol. The molecule has 110 valence electrons. The van der Waals surface area contributed by atoms with Crippen LogP contribution in [0.2, 0.25) is 0 Å². The molecule has 5 nitrogen and oxygen atoms in total. The van der Waals surface area contributed by atoms with Crippen molar-refractivity contribution in [1.29, 1.82) is 0 Å². The van der Waals surface area contributed by atoms with Crippen molar-refractivity contribution in [2.24, 2.45) is 0 Å². The first-order valence-electron chi connectivity index (χ1n) is 6.35. The summed E-state index contributed by atoms with van der Waals surface area (Å²) in [5.41, 5.74) is 1.09. The average molecular weight is 352 g/mol. The van der Waals surface area contributed by atoms with Gasteiger partial charge < -0.3 is 9.47 Å². The van der Waals surface area contributed by atoms with E-state index in [1.165, 1.54) is 12.1 Å². The minimum Gasteiger partial charge on any atom is -0.490 e. The molecule has 0 spiro atoms. The summed E-state index contributed by atoms with van der Waals surface area (Å²) in [5.74, 6) is 0.438. The van der Waals surface area contributed by atoms with Crippen molar-refractivity contribution in [3.8, 4) is 5.75 Å². The van der Waals surface area contributed by atoms with Crippen molar-refractivity contribution in [3.05, 3.63) is 68.7 Å². The van der Waals surface area contributed by atoms with E-state index in [2.05, 4.69) is 15.9 Å². The summed E-state index contributed by atoms with van der Waals surface area (Å²) in [6, 6.07) is 14.2. The number of hydrogen-bond donors (Lipinski definition) is 0. The normalized spacial score (nSPS) is 10.3. The summed E-state index contributed by atoms with van der Waals surface area (Å²) in [7, 11) is 0. The lowest BCUT2D eigenvalue weighted by molar-refractivity contribution is -0.385. The van der Waals surface area contributed by atoms with E-state index < -0.39 is 4.92 Å². The highest BCUT2D eigenvalue weighted by Gasteiger charge is 2.10. The summed E-state index contributed by atoms with van der Waals surface area (Å²) in [6.45, 7) is 1.25. The Hall–Kier alpha value is -1.92. The molecule has 0 unspecified atom stereocenters. The number of ether oxygens (including phenoxy) is 2. The van der Waals surface area contributed by atoms with Gasteiger partial charge in [0.1, 0.15) is 12.4 Å². The molecule has 0 bridgehead atoms. The van der Waals surface area contributed by atoms with Crippen LogP contribution in [0.4, 0.5) is 5.69 Å². The number of rotatable bonds is 7. The largest absolute Gasteiger partial charge is 0.490 e. The molecular formula is C15H14BrNO4. The van der Waals surface area contributed by atoms with Crippen molar-refractivity contribution in [2.75, 3.05) is 13.2 Å². The van der Waals surface area contributed by atoms with Gasteiger partial charge in [0.25, 0.3) is 5.69 Å². The Balaban J connectivity index is 1.78. The first-order chi connectivity index (χ1) is 10.2. The maximum Gasteiger partial charge on any atom is 0.273 e. The monoisotopic (exact) mass is 351 g/mol. The van der Waals surface area contributed by atoms with Gasteiger partial charge in [0.15, 0.2) is 0 Å². The van der Waals surface area contributed by atoms with Gasteiger partial charge in [0.2, 0.25) is 0 Å². The second-order valence-corrected chi connectivity index (χ2v) is 5.11. The van der Waals surface area contributed by atoms with Crippen LogP contribution >= 0.6 is 15.9 Å². The van der Waals surface area contributed by atoms with Crippen LogP contribution < -0.4 is 4.74 Å². The summed E-state index contributed by atoms with van der Waals surface area (Å²) in [6.07, 6.45) is 0. The quantitative estimate of drug-likeness (QED) is 0.430. The standard InChI is InChI=1S/C15H14BrNO4/c16-14-7-6-13(17(18)19)10-15(14)21-9-8-20-11-12-4-2-1-3-5-12/h1-7,10H,8-9,11H2. The molecule has 0 fully saturated rings. The second kappa shape index (κ2) is 7.75. The smallest absolute Gasteiger partial charge is 0.273 e. The third-order valence-electron chi connectivity index (χ3n) is 2.72. The van der Waals surface area contributed by atoms with Gasteiger partial charge in [-0.2, -0.15) is 0 Å². The Bertz CT molecular complexity index is 604. The van der Waals surface area contributed by atoms with Crippen molar-refractivity contribution < 1.29 is 14.4 Å². The van der Waals surface area contributed by atoms with Crippen LogP contribution in [0.15, 0.2) is 53.0 Å². The Labute approximate surface area is 130 Å². The molecule has 0 amide bonds. The summed E-state index contributed by atoms with van der Waals surface area (Å²) in [4.78, 5) is 10.3. The Kier molecular flexibility index (Phi) is 5.71. The van der Waals surface area contributed by atoms with Crippen LogP contribution in [-0.4, -0.2) is 18.1 Å². The molecule has 2 aromatic rings. The van der Waals surface area contributed by atoms with E-state index in [1.807, 2.05) is 30.3 Å². The fourth-order valence-corrected chi connectivity index (χ4v) is 2.05. The first-order valence-corrected chi connectivity index (χ1v) is 7.14. The molecule has 0 aliphatic heterocycles. The van der Waals surface area contributed by atoms with Crippen molar-refractivity contribution in [2.45, 2.75) is 6.61 Å². The van der Waals surface area contributed by atoms with Gasteiger partial charge in [-0.05, 0) is 27.6 Å². The molecule has 0 saturated heterocycles. The molecule has 0 N–H and O–H groups in total. The number of halogens is 1. The van der Waals surface area contributed by atoms with Crippen LogP contribution in [0.3, 0.4) is 0 Å². The third-order valence-corrected chi connectivity index (χ3v) is 3.38. The zero-order chi connectivity index (χ0) is 15.1. The number of nitro benzene ring substituents is 1. The van der Waals surface area contributed by atoms with E-state index in [1.54, 1.807) is 6.07 Å². The molecule has 0 heterocycles. The van der Waals surface area contributed by atoms with E-state index in [-0.39, 0.29) is 5.69 Å². The zero-order valence-corrected chi connectivity index (χ0v) is 12.8. The summed E-state index contributed by atoms with van der Waals surface area (Å²) in [5, 5.41) is 10.7. The molecule has 2 rings (SSSR count). The number of nitro groups is 1. The number of non-ortho nitro benzene ring substituents is 1. The maximum absolute atomic E-state index is 10.7. The summed E-state index contributed by atoms with van der Waals surface area (Å²) >= 11 is 3.30. The van der Waals surface area contributed by atoms with Crippen LogP contribution in [-0.2, 0) is 11.3 Å². The van der Waals surface area contributed by atoms with Crippen molar-refractivity contribution in [3.63, 3.8) is 0 Å². The molecule has 0 atom stereocenters. The molecule has 0 aliphatic rings. The van der Waals surface area contributed by atoms with Crippen LogP contribution in [0.1, 0.15) is 5.56 Å². The van der Waals surface area contributed by atoms with Gasteiger partial charge in [-0.25, -0.2) is 0 Å². The summed E-state index contributed by atoms with van der Waals surface area (Å²) < 4.78 is 11.7. The van der Waals surface area contributed by atoms with Crippen LogP contribution in [0, 0.1) is 10.1 Å². The SMILES string of the molecule is O=[N+]([O-])c1ccc(Br)c(OCCOCc2ccccc2)c1. The Morgan fingerprint density at radius 2 is 1.86 bits per heavy atom. The molecule has 6 heteroatoms. The van der Waals surface area contributed by atoms with E-state index >= 15 is 0 Å². The van der Waals surface area contributed by atoms with Gasteiger partial charge in [-0.15, -0.1) is 0 Å². The predicted octanol–water partition coefficient (Wildman–Crippen LogP) is 3.95. The van der Waals surface area contributed by atoms with E-state index in [0.29, 0.717) is 30.0 Å². The van der Waals surface area contributed by atoms with Gasteiger partial charge in [-0.1, -0.05) is 30.3 Å². The Morgan fingerprint density at radius 1 is 1.10 bits per heavy atom. The highest BCUT2D eigenvalue weighted by molar-refractivity contribution is 9.10. The number of hydrogen-bond acceptors (Lipinski definition) is 4. The molecule has 0 aromatic heterocycles. The molecule has 0 radical (unpaired) electrons. The second-order valence-electron chi connectivity index (χ2n) is 4.26. The topological polar surface area (TPSA) is 61.6 Å². The highest BCUT2D eigenvalue weighted by atomic mass is 79.9. The minimum absolute atomic E-state index is 0.00148. The molecule has 21 heavy (non-hydrogen) atoms. The first kappa shape index (κ1) is 15.5. The van der Waals surface area contributed by atoms with Gasteiger partial charge >= 0.3 is 0 Å². The lowest BCUT2D eigenvalue weighted by Crippen LogP contribution is -2.07. The fourth-order valence-electron chi connectivity index (χ4n) is 1.69. The Morgan fingerprint density at radius 3 is 2.57 bits per heavy atom. The van der Waals surface area contributed by atoms with Crippen molar-refractivity contribution >= 4 is 21.6 Å². The lowest BCUT2D eigenvalue weighted by Gasteiger charge is -2.08. The van der Waals surface area contributed by atoms with Gasteiger partial charge in [-0.3, -0.25) is 10.1 Å². The van der Waals surface area contributed by atoms with E-state index in [0.717, 1.165) is 5.56 Å². The van der Waals surface area contributed by atoms with Gasteiger partial charge in [0.05, 0.1) is 28.7 Å². The third kappa shape index (κ3) is 4.84. The molecule has 2 aromatic carbocycles. The maximum atomic E-state index is 10.7. The molecule has 0 saturated carbocycles. The van der Waals surface area contributed by atoms with Crippen molar-refractivity contribution in [1.82, 2.24) is 0 Å². The van der Waals surface area contributed by atoms with Gasteiger partial charge in [0, 0.05) is 6.07 Å².